The van der Waals surface area contributed by atoms with Crippen molar-refractivity contribution in [2.45, 2.75) is 11.8 Å². The second-order valence-corrected chi connectivity index (χ2v) is 10.5. The number of sulfonamides is 1. The van der Waals surface area contributed by atoms with E-state index in [1.165, 1.54) is 27.8 Å². The Morgan fingerprint density at radius 2 is 1.97 bits per heavy atom. The van der Waals surface area contributed by atoms with E-state index in [1.54, 1.807) is 13.0 Å². The highest BCUT2D eigenvalue weighted by Crippen LogP contribution is 2.31. The lowest BCUT2D eigenvalue weighted by molar-refractivity contribution is 0.0730. The molecule has 3 heterocycles. The quantitative estimate of drug-likeness (QED) is 0.449. The lowest BCUT2D eigenvalue weighted by Gasteiger charge is -2.26. The summed E-state index contributed by atoms with van der Waals surface area (Å²) in [6, 6.07) is 12.6. The highest BCUT2D eigenvalue weighted by Gasteiger charge is 2.27. The molecular formula is C23H22N4O4S2. The van der Waals surface area contributed by atoms with Gasteiger partial charge in [-0.15, -0.1) is 11.3 Å². The molecule has 170 valence electrons. The van der Waals surface area contributed by atoms with Gasteiger partial charge >= 0.3 is 0 Å². The molecule has 8 nitrogen and oxygen atoms in total. The fraction of sp³-hybridized carbons (Fsp3) is 0.217. The number of para-hydroxylation sites is 1. The summed E-state index contributed by atoms with van der Waals surface area (Å²) in [6.45, 7) is 3.10. The number of rotatable bonds is 5. The highest BCUT2D eigenvalue weighted by molar-refractivity contribution is 7.89. The molecule has 2 aromatic heterocycles. The Bertz CT molecular complexity index is 1440. The number of aromatic amines is 1. The number of H-pyrrole nitrogens is 1. The Hall–Kier alpha value is -3.05. The molecule has 5 rings (SSSR count). The molecule has 0 spiro atoms. The molecule has 1 aliphatic rings. The van der Waals surface area contributed by atoms with Gasteiger partial charge in [-0.05, 0) is 30.7 Å². The molecule has 4 aromatic rings. The third-order valence-corrected chi connectivity index (χ3v) is 8.30. The Morgan fingerprint density at radius 1 is 1.18 bits per heavy atom. The third-order valence-electron chi connectivity index (χ3n) is 5.65. The first-order chi connectivity index (χ1) is 15.9. The van der Waals surface area contributed by atoms with Crippen LogP contribution < -0.4 is 5.32 Å². The Morgan fingerprint density at radius 3 is 2.79 bits per heavy atom. The van der Waals surface area contributed by atoms with Crippen LogP contribution in [-0.4, -0.2) is 54.9 Å². The first-order valence-corrected chi connectivity index (χ1v) is 12.8. The number of thiazole rings is 1. The number of aryl methyl sites for hydroxylation is 1. The second kappa shape index (κ2) is 8.71. The molecule has 0 radical (unpaired) electrons. The summed E-state index contributed by atoms with van der Waals surface area (Å²) in [7, 11) is -3.70. The molecule has 1 saturated heterocycles. The van der Waals surface area contributed by atoms with E-state index >= 15 is 0 Å². The number of benzene rings is 2. The van der Waals surface area contributed by atoms with E-state index < -0.39 is 15.9 Å². The number of hydrogen-bond donors (Lipinski definition) is 2. The van der Waals surface area contributed by atoms with Crippen molar-refractivity contribution in [1.29, 1.82) is 0 Å². The van der Waals surface area contributed by atoms with Crippen molar-refractivity contribution in [3.05, 3.63) is 65.2 Å². The monoisotopic (exact) mass is 482 g/mol. The number of anilines is 1. The van der Waals surface area contributed by atoms with Gasteiger partial charge < -0.3 is 9.72 Å². The molecule has 33 heavy (non-hydrogen) atoms. The number of carbonyl (C=O) groups excluding carboxylic acids is 1. The average Bonchev–Trinajstić information content (AvgIpc) is 3.46. The molecule has 0 bridgehead atoms. The number of amides is 1. The predicted molar refractivity (Wildman–Crippen MR) is 128 cm³/mol. The molecule has 1 amide bonds. The van der Waals surface area contributed by atoms with Crippen molar-refractivity contribution in [2.24, 2.45) is 0 Å². The number of aromatic nitrogens is 2. The van der Waals surface area contributed by atoms with Gasteiger partial charge in [0.05, 0.1) is 23.8 Å². The highest BCUT2D eigenvalue weighted by atomic mass is 32.2. The fourth-order valence-electron chi connectivity index (χ4n) is 3.84. The third kappa shape index (κ3) is 4.18. The molecular weight excluding hydrogens is 460 g/mol. The van der Waals surface area contributed by atoms with Crippen molar-refractivity contribution in [3.63, 3.8) is 0 Å². The summed E-state index contributed by atoms with van der Waals surface area (Å²) in [4.78, 5) is 20.9. The largest absolute Gasteiger partial charge is 0.379 e. The van der Waals surface area contributed by atoms with Crippen LogP contribution in [0, 0.1) is 6.92 Å². The van der Waals surface area contributed by atoms with Gasteiger partial charge in [-0.3, -0.25) is 10.1 Å². The van der Waals surface area contributed by atoms with E-state index in [1.807, 2.05) is 35.8 Å². The van der Waals surface area contributed by atoms with Crippen LogP contribution >= 0.6 is 11.3 Å². The van der Waals surface area contributed by atoms with E-state index in [0.29, 0.717) is 42.6 Å². The first kappa shape index (κ1) is 21.8. The van der Waals surface area contributed by atoms with Crippen LogP contribution in [0.25, 0.3) is 22.2 Å². The summed E-state index contributed by atoms with van der Waals surface area (Å²) >= 11 is 1.32. The van der Waals surface area contributed by atoms with Gasteiger partial charge in [0.1, 0.15) is 0 Å². The van der Waals surface area contributed by atoms with Crippen LogP contribution in [0.3, 0.4) is 0 Å². The maximum Gasteiger partial charge on any atom is 0.257 e. The minimum Gasteiger partial charge on any atom is -0.379 e. The Balaban J connectivity index is 1.39. The smallest absolute Gasteiger partial charge is 0.257 e. The number of ether oxygens (including phenoxy) is 1. The lowest BCUT2D eigenvalue weighted by atomic mass is 10.1. The topological polar surface area (TPSA) is 104 Å². The van der Waals surface area contributed by atoms with Gasteiger partial charge in [-0.2, -0.15) is 4.31 Å². The SMILES string of the molecule is Cc1ccc(S(=O)(=O)N2CCOCC2)cc1C(=O)Nc1nc(-c2c[nH]c3ccccc23)cs1. The van der Waals surface area contributed by atoms with Crippen LogP contribution in [0.15, 0.2) is 58.9 Å². The molecule has 2 N–H and O–H groups in total. The van der Waals surface area contributed by atoms with Crippen molar-refractivity contribution >= 4 is 43.3 Å². The maximum absolute atomic E-state index is 13.0. The molecule has 2 aromatic carbocycles. The van der Waals surface area contributed by atoms with Crippen molar-refractivity contribution in [1.82, 2.24) is 14.3 Å². The zero-order chi connectivity index (χ0) is 23.0. The number of nitrogens with zero attached hydrogens (tertiary/aromatic N) is 2. The molecule has 10 heteroatoms. The number of fused-ring (bicyclic) bond motifs is 1. The van der Waals surface area contributed by atoms with Crippen molar-refractivity contribution in [2.75, 3.05) is 31.6 Å². The van der Waals surface area contributed by atoms with Crippen LogP contribution in [0.4, 0.5) is 5.13 Å². The fourth-order valence-corrected chi connectivity index (χ4v) is 5.99. The van der Waals surface area contributed by atoms with E-state index in [2.05, 4.69) is 15.3 Å². The standard InChI is InChI=1S/C23H22N4O4S2/c1-15-6-7-16(33(29,30)27-8-10-31-11-9-27)12-18(15)22(28)26-23-25-21(14-32-23)19-13-24-20-5-3-2-4-17(19)20/h2-7,12-14,24H,8-11H2,1H3,(H,25,26,28). The summed E-state index contributed by atoms with van der Waals surface area (Å²) in [5.74, 6) is -0.397. The predicted octanol–water partition coefficient (Wildman–Crippen LogP) is 3.87. The summed E-state index contributed by atoms with van der Waals surface area (Å²) in [5.41, 5.74) is 3.71. The van der Waals surface area contributed by atoms with Crippen LogP contribution in [0.1, 0.15) is 15.9 Å². The van der Waals surface area contributed by atoms with Crippen molar-refractivity contribution < 1.29 is 17.9 Å². The van der Waals surface area contributed by atoms with Gasteiger partial charge in [0, 0.05) is 46.7 Å². The van der Waals surface area contributed by atoms with Gasteiger partial charge in [0.25, 0.3) is 5.91 Å². The van der Waals surface area contributed by atoms with Crippen LogP contribution in [-0.2, 0) is 14.8 Å². The molecule has 1 fully saturated rings. The Labute approximate surface area is 195 Å². The molecule has 0 aliphatic carbocycles. The molecule has 0 saturated carbocycles. The van der Waals surface area contributed by atoms with Gasteiger partial charge in [-0.25, -0.2) is 13.4 Å². The number of carbonyl (C=O) groups is 1. The zero-order valence-electron chi connectivity index (χ0n) is 17.9. The maximum atomic E-state index is 13.0. The van der Waals surface area contributed by atoms with E-state index in [4.69, 9.17) is 4.74 Å². The number of hydrogen-bond acceptors (Lipinski definition) is 6. The van der Waals surface area contributed by atoms with E-state index in [9.17, 15) is 13.2 Å². The van der Waals surface area contributed by atoms with Gasteiger partial charge in [0.15, 0.2) is 5.13 Å². The van der Waals surface area contributed by atoms with E-state index in [0.717, 1.165) is 22.2 Å². The number of morpholine rings is 1. The minimum atomic E-state index is -3.70. The van der Waals surface area contributed by atoms with Crippen molar-refractivity contribution in [3.8, 4) is 11.3 Å². The van der Waals surface area contributed by atoms with Gasteiger partial charge in [0.2, 0.25) is 10.0 Å². The zero-order valence-corrected chi connectivity index (χ0v) is 19.5. The summed E-state index contributed by atoms with van der Waals surface area (Å²) in [5, 5.41) is 6.20. The summed E-state index contributed by atoms with van der Waals surface area (Å²) < 4.78 is 32.6. The normalized spacial score (nSPS) is 15.1. The molecule has 0 unspecified atom stereocenters. The molecule has 1 aliphatic heterocycles. The molecule has 0 atom stereocenters. The Kier molecular flexibility index (Phi) is 5.75. The van der Waals surface area contributed by atoms with Crippen LogP contribution in [0.2, 0.25) is 0 Å². The lowest BCUT2D eigenvalue weighted by Crippen LogP contribution is -2.40. The first-order valence-electron chi connectivity index (χ1n) is 10.5. The van der Waals surface area contributed by atoms with Gasteiger partial charge in [-0.1, -0.05) is 24.3 Å². The number of nitrogens with one attached hydrogen (secondary N) is 2. The summed E-state index contributed by atoms with van der Waals surface area (Å²) in [6.07, 6.45) is 1.90. The second-order valence-electron chi connectivity index (χ2n) is 7.73. The van der Waals surface area contributed by atoms with Crippen LogP contribution in [0.5, 0.6) is 0 Å². The average molecular weight is 483 g/mol. The van der Waals surface area contributed by atoms with E-state index in [-0.39, 0.29) is 4.90 Å². The minimum absolute atomic E-state index is 0.0961.